The Morgan fingerprint density at radius 2 is 2.09 bits per heavy atom. The molecule has 0 unspecified atom stereocenters. The van der Waals surface area contributed by atoms with Crippen LogP contribution in [0.4, 0.5) is 0 Å². The van der Waals surface area contributed by atoms with E-state index in [2.05, 4.69) is 4.74 Å². The first kappa shape index (κ1) is 8.24. The number of carbonyl (C=O) groups excluding carboxylic acids is 2. The SMILES string of the molecule is COC(=O)[C@@H]1[C@@H](C=O)C1(C)C. The molecule has 0 amide bonds. The van der Waals surface area contributed by atoms with E-state index in [1.165, 1.54) is 7.11 Å². The predicted octanol–water partition coefficient (Wildman–Crippen LogP) is 0.630. The average molecular weight is 156 g/mol. The number of hydrogen-bond donors (Lipinski definition) is 0. The van der Waals surface area contributed by atoms with Gasteiger partial charge in [0.15, 0.2) is 0 Å². The third-order valence-corrected chi connectivity index (χ3v) is 2.51. The van der Waals surface area contributed by atoms with Gasteiger partial charge in [-0.3, -0.25) is 4.79 Å². The van der Waals surface area contributed by atoms with Crippen molar-refractivity contribution in [1.82, 2.24) is 0 Å². The largest absolute Gasteiger partial charge is 0.469 e. The number of hydrogen-bond acceptors (Lipinski definition) is 3. The van der Waals surface area contributed by atoms with Crippen LogP contribution < -0.4 is 0 Å². The van der Waals surface area contributed by atoms with Crippen LogP contribution in [-0.4, -0.2) is 19.4 Å². The van der Waals surface area contributed by atoms with Crippen LogP contribution in [-0.2, 0) is 14.3 Å². The number of carbonyl (C=O) groups is 2. The highest BCUT2D eigenvalue weighted by atomic mass is 16.5. The summed E-state index contributed by atoms with van der Waals surface area (Å²) < 4.78 is 4.54. The van der Waals surface area contributed by atoms with E-state index in [-0.39, 0.29) is 23.2 Å². The number of aldehydes is 1. The number of esters is 1. The van der Waals surface area contributed by atoms with Crippen molar-refractivity contribution in [2.75, 3.05) is 7.11 Å². The molecule has 0 aromatic heterocycles. The number of rotatable bonds is 2. The summed E-state index contributed by atoms with van der Waals surface area (Å²) in [6, 6.07) is 0. The molecule has 0 spiro atoms. The van der Waals surface area contributed by atoms with E-state index < -0.39 is 0 Å². The lowest BCUT2D eigenvalue weighted by Gasteiger charge is -1.98. The third-order valence-electron chi connectivity index (χ3n) is 2.51. The van der Waals surface area contributed by atoms with Gasteiger partial charge < -0.3 is 9.53 Å². The van der Waals surface area contributed by atoms with Gasteiger partial charge in [-0.15, -0.1) is 0 Å². The van der Waals surface area contributed by atoms with Crippen molar-refractivity contribution in [3.05, 3.63) is 0 Å². The van der Waals surface area contributed by atoms with Crippen molar-refractivity contribution < 1.29 is 14.3 Å². The van der Waals surface area contributed by atoms with Gasteiger partial charge >= 0.3 is 5.97 Å². The maximum absolute atomic E-state index is 11.0. The van der Waals surface area contributed by atoms with Gasteiger partial charge in [0, 0.05) is 5.92 Å². The third kappa shape index (κ3) is 1.04. The first-order chi connectivity index (χ1) is 5.05. The summed E-state index contributed by atoms with van der Waals surface area (Å²) in [7, 11) is 1.35. The Labute approximate surface area is 65.7 Å². The van der Waals surface area contributed by atoms with E-state index >= 15 is 0 Å². The summed E-state index contributed by atoms with van der Waals surface area (Å²) in [5, 5.41) is 0. The normalized spacial score (nSPS) is 32.6. The molecule has 0 N–H and O–H groups in total. The van der Waals surface area contributed by atoms with Crippen molar-refractivity contribution in [2.24, 2.45) is 17.3 Å². The van der Waals surface area contributed by atoms with Crippen LogP contribution in [0.3, 0.4) is 0 Å². The minimum Gasteiger partial charge on any atom is -0.469 e. The fraction of sp³-hybridized carbons (Fsp3) is 0.750. The summed E-state index contributed by atoms with van der Waals surface area (Å²) in [4.78, 5) is 21.4. The van der Waals surface area contributed by atoms with Crippen molar-refractivity contribution in [3.63, 3.8) is 0 Å². The maximum atomic E-state index is 11.0. The Balaban J connectivity index is 2.66. The van der Waals surface area contributed by atoms with Gasteiger partial charge in [-0.25, -0.2) is 0 Å². The first-order valence-corrected chi connectivity index (χ1v) is 3.58. The van der Waals surface area contributed by atoms with Gasteiger partial charge in [0.05, 0.1) is 13.0 Å². The fourth-order valence-electron chi connectivity index (χ4n) is 1.51. The molecule has 1 aliphatic carbocycles. The minimum atomic E-state index is -0.271. The molecule has 0 aromatic rings. The Hall–Kier alpha value is -0.860. The molecule has 1 saturated carbocycles. The second-order valence-corrected chi connectivity index (χ2v) is 3.48. The second-order valence-electron chi connectivity index (χ2n) is 3.48. The lowest BCUT2D eigenvalue weighted by atomic mass is 10.1. The maximum Gasteiger partial charge on any atom is 0.309 e. The van der Waals surface area contributed by atoms with E-state index in [4.69, 9.17) is 0 Å². The Morgan fingerprint density at radius 1 is 1.55 bits per heavy atom. The van der Waals surface area contributed by atoms with E-state index in [9.17, 15) is 9.59 Å². The van der Waals surface area contributed by atoms with Gasteiger partial charge in [0.1, 0.15) is 6.29 Å². The molecule has 0 aliphatic heterocycles. The van der Waals surface area contributed by atoms with Gasteiger partial charge in [0.25, 0.3) is 0 Å². The summed E-state index contributed by atoms with van der Waals surface area (Å²) in [5.41, 5.74) is -0.186. The summed E-state index contributed by atoms with van der Waals surface area (Å²) in [6.07, 6.45) is 0.835. The molecule has 0 heterocycles. The van der Waals surface area contributed by atoms with Crippen molar-refractivity contribution in [3.8, 4) is 0 Å². The van der Waals surface area contributed by atoms with Crippen LogP contribution in [0.2, 0.25) is 0 Å². The zero-order chi connectivity index (χ0) is 8.65. The number of methoxy groups -OCH3 is 1. The van der Waals surface area contributed by atoms with E-state index in [1.54, 1.807) is 0 Å². The molecule has 1 rings (SSSR count). The van der Waals surface area contributed by atoms with Gasteiger partial charge in [-0.1, -0.05) is 13.8 Å². The van der Waals surface area contributed by atoms with Crippen LogP contribution >= 0.6 is 0 Å². The van der Waals surface area contributed by atoms with E-state index in [1.807, 2.05) is 13.8 Å². The topological polar surface area (TPSA) is 43.4 Å². The van der Waals surface area contributed by atoms with E-state index in [0.717, 1.165) is 6.29 Å². The molecular weight excluding hydrogens is 144 g/mol. The van der Waals surface area contributed by atoms with Crippen LogP contribution in [0, 0.1) is 17.3 Å². The standard InChI is InChI=1S/C8H12O3/c1-8(2)5(4-9)6(8)7(10)11-3/h4-6H,1-3H3/t5-,6+/m1/s1. The molecule has 62 valence electrons. The first-order valence-electron chi connectivity index (χ1n) is 3.58. The molecule has 3 heteroatoms. The summed E-state index contributed by atoms with van der Waals surface area (Å²) >= 11 is 0. The quantitative estimate of drug-likeness (QED) is 0.435. The summed E-state index contributed by atoms with van der Waals surface area (Å²) in [5.74, 6) is -0.632. The smallest absolute Gasteiger partial charge is 0.309 e. The van der Waals surface area contributed by atoms with E-state index in [0.29, 0.717) is 0 Å². The molecule has 0 radical (unpaired) electrons. The zero-order valence-electron chi connectivity index (χ0n) is 6.96. The second kappa shape index (κ2) is 2.32. The van der Waals surface area contributed by atoms with Crippen molar-refractivity contribution in [2.45, 2.75) is 13.8 Å². The molecule has 1 aliphatic rings. The van der Waals surface area contributed by atoms with Crippen molar-refractivity contribution in [1.29, 1.82) is 0 Å². The lowest BCUT2D eigenvalue weighted by molar-refractivity contribution is -0.143. The zero-order valence-corrected chi connectivity index (χ0v) is 6.96. The van der Waals surface area contributed by atoms with Gasteiger partial charge in [0.2, 0.25) is 0 Å². The average Bonchev–Trinajstić information content (AvgIpc) is 2.51. The van der Waals surface area contributed by atoms with Crippen molar-refractivity contribution >= 4 is 12.3 Å². The van der Waals surface area contributed by atoms with Crippen LogP contribution in [0.25, 0.3) is 0 Å². The molecule has 0 bridgehead atoms. The molecule has 0 aromatic carbocycles. The molecular formula is C8H12O3. The van der Waals surface area contributed by atoms with Crippen LogP contribution in [0.1, 0.15) is 13.8 Å². The predicted molar refractivity (Wildman–Crippen MR) is 38.8 cm³/mol. The Bertz CT molecular complexity index is 196. The highest BCUT2D eigenvalue weighted by Crippen LogP contribution is 2.57. The van der Waals surface area contributed by atoms with Gasteiger partial charge in [-0.2, -0.15) is 0 Å². The van der Waals surface area contributed by atoms with Gasteiger partial charge in [-0.05, 0) is 5.41 Å². The molecule has 1 fully saturated rings. The number of ether oxygens (including phenoxy) is 1. The van der Waals surface area contributed by atoms with Crippen LogP contribution in [0.15, 0.2) is 0 Å². The summed E-state index contributed by atoms with van der Waals surface area (Å²) in [6.45, 7) is 3.79. The fourth-order valence-corrected chi connectivity index (χ4v) is 1.51. The highest BCUT2D eigenvalue weighted by molar-refractivity contribution is 5.84. The molecule has 11 heavy (non-hydrogen) atoms. The molecule has 2 atom stereocenters. The Morgan fingerprint density at radius 3 is 2.36 bits per heavy atom. The molecule has 0 saturated heterocycles. The molecule has 3 nitrogen and oxygen atoms in total. The Kier molecular flexibility index (Phi) is 1.74. The lowest BCUT2D eigenvalue weighted by Crippen LogP contribution is -2.07. The van der Waals surface area contributed by atoms with Crippen LogP contribution in [0.5, 0.6) is 0 Å². The monoisotopic (exact) mass is 156 g/mol. The minimum absolute atomic E-state index is 0.144. The highest BCUT2D eigenvalue weighted by Gasteiger charge is 2.62.